The Morgan fingerprint density at radius 2 is 1.84 bits per heavy atom. The van der Waals surface area contributed by atoms with Gasteiger partial charge in [0.05, 0.1) is 23.6 Å². The van der Waals surface area contributed by atoms with Gasteiger partial charge in [-0.25, -0.2) is 4.98 Å². The molecule has 0 unspecified atom stereocenters. The van der Waals surface area contributed by atoms with Crippen LogP contribution in [0.2, 0.25) is 0 Å². The quantitative estimate of drug-likeness (QED) is 0.564. The van der Waals surface area contributed by atoms with Gasteiger partial charge in [0, 0.05) is 5.56 Å². The summed E-state index contributed by atoms with van der Waals surface area (Å²) in [6.45, 7) is 7.47. The van der Waals surface area contributed by atoms with Crippen LogP contribution >= 0.6 is 0 Å². The van der Waals surface area contributed by atoms with E-state index in [2.05, 4.69) is 9.97 Å². The van der Waals surface area contributed by atoms with E-state index in [1.54, 1.807) is 13.2 Å². The maximum atomic E-state index is 12.1. The highest BCUT2D eigenvalue weighted by molar-refractivity contribution is 5.81. The molecule has 130 valence electrons. The minimum Gasteiger partial charge on any atom is -0.493 e. The van der Waals surface area contributed by atoms with Crippen molar-refractivity contribution in [2.45, 2.75) is 27.7 Å². The molecule has 2 aromatic carbocycles. The second-order valence-corrected chi connectivity index (χ2v) is 7.11. The Balaban J connectivity index is 1.96. The molecule has 0 saturated heterocycles. The number of ether oxygens (including phenoxy) is 2. The first-order valence-corrected chi connectivity index (χ1v) is 8.15. The molecule has 0 bridgehead atoms. The first-order valence-electron chi connectivity index (χ1n) is 8.15. The summed E-state index contributed by atoms with van der Waals surface area (Å²) in [5.41, 5.74) is 3.33. The maximum absolute atomic E-state index is 12.1. The number of aromatic nitrogens is 2. The van der Waals surface area contributed by atoms with Gasteiger partial charge in [0.15, 0.2) is 11.5 Å². The third kappa shape index (κ3) is 3.50. The lowest BCUT2D eigenvalue weighted by Gasteiger charge is -2.17. The van der Waals surface area contributed by atoms with Gasteiger partial charge in [-0.05, 0) is 63.6 Å². The van der Waals surface area contributed by atoms with Crippen molar-refractivity contribution in [3.05, 3.63) is 42.0 Å². The number of H-pyrrole nitrogens is 1. The van der Waals surface area contributed by atoms with E-state index in [4.69, 9.17) is 9.47 Å². The first kappa shape index (κ1) is 17.0. The van der Waals surface area contributed by atoms with Crippen molar-refractivity contribution < 1.29 is 14.3 Å². The van der Waals surface area contributed by atoms with Crippen molar-refractivity contribution in [3.8, 4) is 22.9 Å². The second-order valence-electron chi connectivity index (χ2n) is 7.11. The predicted octanol–water partition coefficient (Wildman–Crippen LogP) is 4.50. The summed E-state index contributed by atoms with van der Waals surface area (Å²) < 4.78 is 10.9. The van der Waals surface area contributed by atoms with Crippen molar-refractivity contribution in [3.63, 3.8) is 0 Å². The van der Waals surface area contributed by atoms with Crippen molar-refractivity contribution in [1.29, 1.82) is 0 Å². The predicted molar refractivity (Wildman–Crippen MR) is 97.9 cm³/mol. The van der Waals surface area contributed by atoms with E-state index in [9.17, 15) is 4.79 Å². The van der Waals surface area contributed by atoms with Crippen LogP contribution in [0.4, 0.5) is 0 Å². The van der Waals surface area contributed by atoms with E-state index in [1.807, 2.05) is 58.0 Å². The highest BCUT2D eigenvalue weighted by atomic mass is 16.6. The van der Waals surface area contributed by atoms with Gasteiger partial charge in [-0.3, -0.25) is 4.79 Å². The van der Waals surface area contributed by atoms with Gasteiger partial charge in [0.2, 0.25) is 0 Å². The fourth-order valence-electron chi connectivity index (χ4n) is 2.40. The molecular weight excluding hydrogens is 316 g/mol. The number of methoxy groups -OCH3 is 1. The molecule has 25 heavy (non-hydrogen) atoms. The number of carbonyl (C=O) groups excluding carboxylic acids is 1. The van der Waals surface area contributed by atoms with Crippen LogP contribution in [-0.4, -0.2) is 23.0 Å². The van der Waals surface area contributed by atoms with Crippen LogP contribution in [0.1, 0.15) is 26.3 Å². The van der Waals surface area contributed by atoms with Crippen molar-refractivity contribution >= 4 is 17.0 Å². The number of hydrogen-bond donors (Lipinski definition) is 1. The Morgan fingerprint density at radius 1 is 1.08 bits per heavy atom. The molecule has 1 heterocycles. The molecule has 0 aliphatic carbocycles. The summed E-state index contributed by atoms with van der Waals surface area (Å²) in [4.78, 5) is 20.0. The largest absolute Gasteiger partial charge is 0.493 e. The Hall–Kier alpha value is -2.82. The molecule has 5 heteroatoms. The number of benzene rings is 2. The monoisotopic (exact) mass is 338 g/mol. The average molecular weight is 338 g/mol. The van der Waals surface area contributed by atoms with Crippen LogP contribution in [0.5, 0.6) is 11.5 Å². The van der Waals surface area contributed by atoms with Gasteiger partial charge in [-0.15, -0.1) is 0 Å². The number of carbonyl (C=O) groups is 1. The zero-order valence-corrected chi connectivity index (χ0v) is 15.1. The van der Waals surface area contributed by atoms with Crippen molar-refractivity contribution in [1.82, 2.24) is 9.97 Å². The van der Waals surface area contributed by atoms with Crippen LogP contribution in [0.15, 0.2) is 36.4 Å². The van der Waals surface area contributed by atoms with E-state index >= 15 is 0 Å². The molecule has 1 N–H and O–H groups in total. The molecule has 3 rings (SSSR count). The summed E-state index contributed by atoms with van der Waals surface area (Å²) in [5, 5.41) is 0. The smallest absolute Gasteiger partial charge is 0.316 e. The summed E-state index contributed by atoms with van der Waals surface area (Å²) in [7, 11) is 1.55. The lowest BCUT2D eigenvalue weighted by Crippen LogP contribution is -2.25. The van der Waals surface area contributed by atoms with E-state index in [0.717, 1.165) is 28.0 Å². The Labute approximate surface area is 147 Å². The number of aryl methyl sites for hydroxylation is 1. The maximum Gasteiger partial charge on any atom is 0.316 e. The minimum atomic E-state index is -0.583. The van der Waals surface area contributed by atoms with Crippen molar-refractivity contribution in [2.24, 2.45) is 5.41 Å². The minimum absolute atomic E-state index is 0.308. The molecular formula is C20H22N2O3. The third-order valence-electron chi connectivity index (χ3n) is 3.89. The average Bonchev–Trinajstić information content (AvgIpc) is 2.97. The molecule has 0 spiro atoms. The summed E-state index contributed by atoms with van der Waals surface area (Å²) >= 11 is 0. The molecule has 0 radical (unpaired) electrons. The summed E-state index contributed by atoms with van der Waals surface area (Å²) in [6, 6.07) is 11.5. The number of imidazole rings is 1. The highest BCUT2D eigenvalue weighted by Gasteiger charge is 2.25. The lowest BCUT2D eigenvalue weighted by molar-refractivity contribution is -0.143. The molecule has 0 fully saturated rings. The second kappa shape index (κ2) is 6.24. The zero-order chi connectivity index (χ0) is 18.2. The highest BCUT2D eigenvalue weighted by Crippen LogP contribution is 2.33. The summed E-state index contributed by atoms with van der Waals surface area (Å²) in [6.07, 6.45) is 0. The van der Waals surface area contributed by atoms with E-state index in [-0.39, 0.29) is 5.97 Å². The van der Waals surface area contributed by atoms with Gasteiger partial charge in [-0.1, -0.05) is 6.07 Å². The van der Waals surface area contributed by atoms with E-state index < -0.39 is 5.41 Å². The Bertz CT molecular complexity index is 936. The van der Waals surface area contributed by atoms with Crippen LogP contribution in [0, 0.1) is 12.3 Å². The molecule has 5 nitrogen and oxygen atoms in total. The standard InChI is InChI=1S/C20H22N2O3/c1-12-6-8-14-15(10-12)22-18(21-14)13-7-9-16(17(11-13)24-5)25-19(23)20(2,3)4/h6-11H,1-5H3,(H,21,22). The zero-order valence-electron chi connectivity index (χ0n) is 15.1. The van der Waals surface area contributed by atoms with Crippen LogP contribution in [0.3, 0.4) is 0 Å². The fraction of sp³-hybridized carbons (Fsp3) is 0.300. The van der Waals surface area contributed by atoms with Gasteiger partial charge in [-0.2, -0.15) is 0 Å². The van der Waals surface area contributed by atoms with Crippen LogP contribution < -0.4 is 9.47 Å². The summed E-state index contributed by atoms with van der Waals surface area (Å²) in [5.74, 6) is 1.33. The number of nitrogens with zero attached hydrogens (tertiary/aromatic N) is 1. The molecule has 3 aromatic rings. The molecule has 0 saturated carbocycles. The van der Waals surface area contributed by atoms with E-state index in [1.165, 1.54) is 0 Å². The van der Waals surface area contributed by atoms with E-state index in [0.29, 0.717) is 11.5 Å². The molecule has 0 atom stereocenters. The van der Waals surface area contributed by atoms with Gasteiger partial charge in [0.25, 0.3) is 0 Å². The third-order valence-corrected chi connectivity index (χ3v) is 3.89. The first-order chi connectivity index (χ1) is 11.8. The van der Waals surface area contributed by atoms with Crippen molar-refractivity contribution in [2.75, 3.05) is 7.11 Å². The van der Waals surface area contributed by atoms with Gasteiger partial charge in [0.1, 0.15) is 5.82 Å². The number of hydrogen-bond acceptors (Lipinski definition) is 4. The molecule has 0 aliphatic rings. The molecule has 1 aromatic heterocycles. The fourth-order valence-corrected chi connectivity index (χ4v) is 2.40. The number of esters is 1. The Kier molecular flexibility index (Phi) is 4.25. The molecule has 0 aliphatic heterocycles. The van der Waals surface area contributed by atoms with Gasteiger partial charge < -0.3 is 14.5 Å². The van der Waals surface area contributed by atoms with Crippen LogP contribution in [0.25, 0.3) is 22.4 Å². The number of nitrogens with one attached hydrogen (secondary N) is 1. The Morgan fingerprint density at radius 3 is 2.52 bits per heavy atom. The number of aromatic amines is 1. The lowest BCUT2D eigenvalue weighted by atomic mass is 9.97. The topological polar surface area (TPSA) is 64.2 Å². The normalized spacial score (nSPS) is 11.6. The van der Waals surface area contributed by atoms with Gasteiger partial charge >= 0.3 is 5.97 Å². The number of fused-ring (bicyclic) bond motifs is 1. The SMILES string of the molecule is COc1cc(-c2nc3cc(C)ccc3[nH]2)ccc1OC(=O)C(C)(C)C. The van der Waals surface area contributed by atoms with Crippen LogP contribution in [-0.2, 0) is 4.79 Å². The molecule has 0 amide bonds. The number of rotatable bonds is 3.